The molecule has 4 rings (SSSR count). The van der Waals surface area contributed by atoms with Crippen molar-refractivity contribution in [2.45, 2.75) is 128 Å². The second-order valence-corrected chi connectivity index (χ2v) is 12.1. The van der Waals surface area contributed by atoms with E-state index in [-0.39, 0.29) is 22.9 Å². The Hall–Kier alpha value is -1.88. The van der Waals surface area contributed by atoms with Gasteiger partial charge in [0.15, 0.2) is 0 Å². The molecule has 0 aliphatic heterocycles. The SMILES string of the molecule is CCCCCC1CCC(c2ccc(COC(F)(F)C(F)c3ccc(C4CCC(CC)CC4)cc3)cc2F)CC1. The number of rotatable bonds is 12. The van der Waals surface area contributed by atoms with Gasteiger partial charge in [0, 0.05) is 0 Å². The molecule has 0 radical (unpaired) electrons. The summed E-state index contributed by atoms with van der Waals surface area (Å²) in [5, 5.41) is 0. The zero-order valence-electron chi connectivity index (χ0n) is 23.7. The lowest BCUT2D eigenvalue weighted by atomic mass is 9.77. The summed E-state index contributed by atoms with van der Waals surface area (Å²) in [5.41, 5.74) is 1.93. The molecule has 2 aliphatic carbocycles. The molecule has 1 atom stereocenters. The Morgan fingerprint density at radius 3 is 2.08 bits per heavy atom. The van der Waals surface area contributed by atoms with Crippen LogP contribution in [0.15, 0.2) is 42.5 Å². The van der Waals surface area contributed by atoms with Gasteiger partial charge in [-0.25, -0.2) is 8.78 Å². The van der Waals surface area contributed by atoms with E-state index in [1.807, 2.05) is 0 Å². The standard InChI is InChI=1S/C34H46F4O/c1-3-5-6-7-25-10-15-29(16-11-25)31-21-12-26(22-32(31)35)23-39-34(37,38)33(36)30-19-17-28(18-20-30)27-13-8-24(4-2)9-14-27/h12,17-22,24-25,27,29,33H,3-11,13-16,23H2,1-2H3. The number of alkyl halides is 3. The van der Waals surface area contributed by atoms with E-state index < -0.39 is 18.9 Å². The molecule has 39 heavy (non-hydrogen) atoms. The number of halogens is 4. The molecule has 5 heteroatoms. The van der Waals surface area contributed by atoms with Gasteiger partial charge < -0.3 is 4.74 Å². The molecule has 2 aliphatic rings. The average molecular weight is 547 g/mol. The van der Waals surface area contributed by atoms with Gasteiger partial charge in [-0.05, 0) is 103 Å². The van der Waals surface area contributed by atoms with Gasteiger partial charge in [0.25, 0.3) is 0 Å². The molecule has 2 aromatic carbocycles. The van der Waals surface area contributed by atoms with E-state index >= 15 is 0 Å². The zero-order valence-corrected chi connectivity index (χ0v) is 23.7. The van der Waals surface area contributed by atoms with Gasteiger partial charge in [-0.2, -0.15) is 8.78 Å². The van der Waals surface area contributed by atoms with Crippen LogP contribution in [0, 0.1) is 17.7 Å². The second kappa shape index (κ2) is 14.1. The van der Waals surface area contributed by atoms with E-state index in [0.29, 0.717) is 11.5 Å². The van der Waals surface area contributed by atoms with E-state index in [0.717, 1.165) is 55.9 Å². The molecular formula is C34H46F4O. The molecule has 0 aromatic heterocycles. The molecule has 0 bridgehead atoms. The van der Waals surface area contributed by atoms with Crippen molar-refractivity contribution in [1.29, 1.82) is 0 Å². The van der Waals surface area contributed by atoms with Gasteiger partial charge in [-0.15, -0.1) is 0 Å². The summed E-state index contributed by atoms with van der Waals surface area (Å²) in [6, 6.07) is 11.1. The highest BCUT2D eigenvalue weighted by molar-refractivity contribution is 5.29. The highest BCUT2D eigenvalue weighted by Crippen LogP contribution is 2.41. The summed E-state index contributed by atoms with van der Waals surface area (Å²) in [7, 11) is 0. The van der Waals surface area contributed by atoms with Crippen LogP contribution in [-0.4, -0.2) is 6.11 Å². The minimum atomic E-state index is -4.01. The Morgan fingerprint density at radius 2 is 1.46 bits per heavy atom. The smallest absolute Gasteiger partial charge is 0.313 e. The fourth-order valence-corrected chi connectivity index (χ4v) is 6.72. The summed E-state index contributed by atoms with van der Waals surface area (Å²) in [6.07, 6.45) is 8.32. The third-order valence-corrected chi connectivity index (χ3v) is 9.42. The number of hydrogen-bond donors (Lipinski definition) is 0. The van der Waals surface area contributed by atoms with E-state index in [1.54, 1.807) is 24.3 Å². The number of hydrogen-bond acceptors (Lipinski definition) is 1. The molecule has 2 fully saturated rings. The minimum absolute atomic E-state index is 0.0992. The Labute approximate surface area is 232 Å². The summed E-state index contributed by atoms with van der Waals surface area (Å²) < 4.78 is 63.8. The topological polar surface area (TPSA) is 9.23 Å². The summed E-state index contributed by atoms with van der Waals surface area (Å²) in [5.74, 6) is 1.71. The molecule has 0 saturated heterocycles. The predicted molar refractivity (Wildman–Crippen MR) is 150 cm³/mol. The lowest BCUT2D eigenvalue weighted by Crippen LogP contribution is -2.27. The molecule has 2 aromatic rings. The maximum atomic E-state index is 14.9. The number of unbranched alkanes of at least 4 members (excludes halogenated alkanes) is 2. The predicted octanol–water partition coefficient (Wildman–Crippen LogP) is 11.2. The average Bonchev–Trinajstić information content (AvgIpc) is 2.96. The van der Waals surface area contributed by atoms with Gasteiger partial charge in [0.2, 0.25) is 6.17 Å². The largest absolute Gasteiger partial charge is 0.391 e. The molecule has 216 valence electrons. The first-order valence-corrected chi connectivity index (χ1v) is 15.3. The summed E-state index contributed by atoms with van der Waals surface area (Å²) in [6.45, 7) is 3.88. The minimum Gasteiger partial charge on any atom is -0.313 e. The molecule has 2 saturated carbocycles. The van der Waals surface area contributed by atoms with E-state index in [4.69, 9.17) is 4.74 Å². The first-order chi connectivity index (χ1) is 18.8. The third-order valence-electron chi connectivity index (χ3n) is 9.42. The fourth-order valence-electron chi connectivity index (χ4n) is 6.72. The lowest BCUT2D eigenvalue weighted by molar-refractivity contribution is -0.282. The second-order valence-electron chi connectivity index (χ2n) is 12.1. The summed E-state index contributed by atoms with van der Waals surface area (Å²) in [4.78, 5) is 0. The van der Waals surface area contributed by atoms with Crippen molar-refractivity contribution in [2.75, 3.05) is 0 Å². The first-order valence-electron chi connectivity index (χ1n) is 15.3. The van der Waals surface area contributed by atoms with Crippen LogP contribution in [0.1, 0.15) is 138 Å². The Balaban J connectivity index is 1.28. The molecule has 0 N–H and O–H groups in total. The highest BCUT2D eigenvalue weighted by Gasteiger charge is 2.43. The van der Waals surface area contributed by atoms with Crippen molar-refractivity contribution in [1.82, 2.24) is 0 Å². The van der Waals surface area contributed by atoms with Crippen LogP contribution in [0.2, 0.25) is 0 Å². The van der Waals surface area contributed by atoms with Gasteiger partial charge in [-0.3, -0.25) is 0 Å². The maximum Gasteiger partial charge on any atom is 0.391 e. The van der Waals surface area contributed by atoms with Crippen molar-refractivity contribution in [3.63, 3.8) is 0 Å². The molecule has 0 spiro atoms. The van der Waals surface area contributed by atoms with Gasteiger partial charge in [-0.1, -0.05) is 82.3 Å². The molecule has 0 amide bonds. The van der Waals surface area contributed by atoms with Crippen LogP contribution in [0.5, 0.6) is 0 Å². The normalized spacial score (nSPS) is 25.0. The van der Waals surface area contributed by atoms with E-state index in [9.17, 15) is 17.6 Å². The Morgan fingerprint density at radius 1 is 0.821 bits per heavy atom. The number of benzene rings is 2. The monoisotopic (exact) mass is 546 g/mol. The molecular weight excluding hydrogens is 500 g/mol. The zero-order chi connectivity index (χ0) is 27.8. The third kappa shape index (κ3) is 8.08. The highest BCUT2D eigenvalue weighted by atomic mass is 19.3. The van der Waals surface area contributed by atoms with Crippen LogP contribution in [0.25, 0.3) is 0 Å². The number of ether oxygens (including phenoxy) is 1. The lowest BCUT2D eigenvalue weighted by Gasteiger charge is -2.29. The van der Waals surface area contributed by atoms with E-state index in [1.165, 1.54) is 63.1 Å². The van der Waals surface area contributed by atoms with Crippen molar-refractivity contribution in [2.24, 2.45) is 11.8 Å². The van der Waals surface area contributed by atoms with Crippen LogP contribution in [-0.2, 0) is 11.3 Å². The van der Waals surface area contributed by atoms with Crippen molar-refractivity contribution >= 4 is 0 Å². The fraction of sp³-hybridized carbons (Fsp3) is 0.647. The van der Waals surface area contributed by atoms with Crippen molar-refractivity contribution in [3.05, 3.63) is 70.5 Å². The quantitative estimate of drug-likeness (QED) is 0.190. The Bertz CT molecular complexity index is 1000. The molecule has 0 heterocycles. The van der Waals surface area contributed by atoms with Crippen LogP contribution in [0.3, 0.4) is 0 Å². The van der Waals surface area contributed by atoms with Gasteiger partial charge >= 0.3 is 6.11 Å². The van der Waals surface area contributed by atoms with Crippen molar-refractivity contribution in [3.8, 4) is 0 Å². The molecule has 1 unspecified atom stereocenters. The molecule has 1 nitrogen and oxygen atoms in total. The van der Waals surface area contributed by atoms with Crippen LogP contribution in [0.4, 0.5) is 17.6 Å². The maximum absolute atomic E-state index is 14.9. The van der Waals surface area contributed by atoms with Crippen LogP contribution >= 0.6 is 0 Å². The Kier molecular flexibility index (Phi) is 10.9. The van der Waals surface area contributed by atoms with Crippen molar-refractivity contribution < 1.29 is 22.3 Å². The van der Waals surface area contributed by atoms with Crippen LogP contribution < -0.4 is 0 Å². The summed E-state index contributed by atoms with van der Waals surface area (Å²) >= 11 is 0. The van der Waals surface area contributed by atoms with Gasteiger partial charge in [0.05, 0.1) is 6.61 Å². The first kappa shape index (κ1) is 30.1. The van der Waals surface area contributed by atoms with Gasteiger partial charge in [0.1, 0.15) is 5.82 Å². The van der Waals surface area contributed by atoms with E-state index in [2.05, 4.69) is 13.8 Å².